The predicted molar refractivity (Wildman–Crippen MR) is 101 cm³/mol. The van der Waals surface area contributed by atoms with Gasteiger partial charge in [0.1, 0.15) is 5.78 Å². The fourth-order valence-corrected chi connectivity index (χ4v) is 3.22. The van der Waals surface area contributed by atoms with Gasteiger partial charge in [-0.1, -0.05) is 73.7 Å². The van der Waals surface area contributed by atoms with Gasteiger partial charge in [-0.25, -0.2) is 0 Å². The first kappa shape index (κ1) is 18.2. The summed E-state index contributed by atoms with van der Waals surface area (Å²) in [5, 5.41) is 0. The number of carbonyl (C=O) groups excluding carboxylic acids is 1. The van der Waals surface area contributed by atoms with E-state index in [4.69, 9.17) is 0 Å². The Balaban J connectivity index is 2.45. The lowest BCUT2D eigenvalue weighted by Gasteiger charge is -2.39. The minimum absolute atomic E-state index is 0.0249. The highest BCUT2D eigenvalue weighted by Crippen LogP contribution is 2.35. The molecule has 0 radical (unpaired) electrons. The van der Waals surface area contributed by atoms with Crippen LogP contribution in [0.3, 0.4) is 0 Å². The number of hydrogen-bond donors (Lipinski definition) is 0. The van der Waals surface area contributed by atoms with Crippen LogP contribution in [0.25, 0.3) is 0 Å². The summed E-state index contributed by atoms with van der Waals surface area (Å²) in [4.78, 5) is 14.5. The zero-order valence-electron chi connectivity index (χ0n) is 14.9. The molecule has 2 aromatic carbocycles. The van der Waals surface area contributed by atoms with Gasteiger partial charge in [0, 0.05) is 24.5 Å². The maximum Gasteiger partial charge on any atom is 0.134 e. The fourth-order valence-electron chi connectivity index (χ4n) is 3.22. The Morgan fingerprint density at radius 2 is 1.50 bits per heavy atom. The Morgan fingerprint density at radius 3 is 1.96 bits per heavy atom. The van der Waals surface area contributed by atoms with Gasteiger partial charge in [-0.2, -0.15) is 0 Å². The number of Topliss-reactive ketones (excluding diaryl/α,β-unsaturated/α-hetero) is 1. The Labute approximate surface area is 145 Å². The zero-order chi connectivity index (χ0) is 17.5. The quantitative estimate of drug-likeness (QED) is 0.623. The summed E-state index contributed by atoms with van der Waals surface area (Å²) in [7, 11) is 0. The van der Waals surface area contributed by atoms with Crippen molar-refractivity contribution >= 4 is 5.78 Å². The van der Waals surface area contributed by atoms with E-state index < -0.39 is 0 Å². The number of benzene rings is 2. The molecular weight excluding hydrogens is 294 g/mol. The molecule has 126 valence electrons. The summed E-state index contributed by atoms with van der Waals surface area (Å²) in [6.07, 6.45) is 1.92. The Hall–Kier alpha value is -2.19. The SMILES string of the molecule is C=CCN(C(c1ccccc1)[C@H](C)C(C)=O)[C@H](C)c1ccccc1. The number of ketones is 1. The first-order chi connectivity index (χ1) is 11.6. The van der Waals surface area contributed by atoms with E-state index in [1.54, 1.807) is 6.92 Å². The molecule has 0 saturated carbocycles. The Morgan fingerprint density at radius 1 is 1.00 bits per heavy atom. The van der Waals surface area contributed by atoms with Gasteiger partial charge in [-0.15, -0.1) is 6.58 Å². The van der Waals surface area contributed by atoms with Crippen LogP contribution in [0.5, 0.6) is 0 Å². The van der Waals surface area contributed by atoms with E-state index in [0.29, 0.717) is 0 Å². The molecule has 0 N–H and O–H groups in total. The van der Waals surface area contributed by atoms with Gasteiger partial charge in [0.2, 0.25) is 0 Å². The first-order valence-corrected chi connectivity index (χ1v) is 8.53. The van der Waals surface area contributed by atoms with Crippen LogP contribution in [0.1, 0.15) is 44.0 Å². The van der Waals surface area contributed by atoms with Gasteiger partial charge in [0.25, 0.3) is 0 Å². The van der Waals surface area contributed by atoms with Crippen molar-refractivity contribution in [1.82, 2.24) is 4.90 Å². The third-order valence-corrected chi connectivity index (χ3v) is 4.73. The van der Waals surface area contributed by atoms with E-state index in [1.165, 1.54) is 11.1 Å². The summed E-state index contributed by atoms with van der Waals surface area (Å²) in [6.45, 7) is 10.6. The van der Waals surface area contributed by atoms with Crippen LogP contribution in [-0.2, 0) is 4.79 Å². The van der Waals surface area contributed by atoms with Crippen molar-refractivity contribution < 1.29 is 4.79 Å². The van der Waals surface area contributed by atoms with E-state index in [2.05, 4.69) is 54.8 Å². The molecule has 0 aliphatic carbocycles. The molecule has 0 aliphatic heterocycles. The molecule has 2 rings (SSSR count). The van der Waals surface area contributed by atoms with E-state index >= 15 is 0 Å². The maximum absolute atomic E-state index is 12.2. The minimum atomic E-state index is -0.0847. The van der Waals surface area contributed by atoms with E-state index in [-0.39, 0.29) is 23.8 Å². The lowest BCUT2D eigenvalue weighted by molar-refractivity contribution is -0.122. The van der Waals surface area contributed by atoms with Crippen LogP contribution in [0, 0.1) is 5.92 Å². The molecule has 0 spiro atoms. The van der Waals surface area contributed by atoms with E-state index in [0.717, 1.165) is 6.54 Å². The third-order valence-electron chi connectivity index (χ3n) is 4.73. The molecule has 2 aromatic rings. The molecule has 24 heavy (non-hydrogen) atoms. The Kier molecular flexibility index (Phi) is 6.51. The number of rotatable bonds is 8. The largest absolute Gasteiger partial charge is 0.300 e. The van der Waals surface area contributed by atoms with Crippen LogP contribution < -0.4 is 0 Å². The molecular formula is C22H27NO. The third kappa shape index (κ3) is 4.21. The molecule has 0 aliphatic rings. The summed E-state index contributed by atoms with van der Waals surface area (Å²) >= 11 is 0. The standard InChI is InChI=1S/C22H27NO/c1-5-16-23(18(3)20-12-8-6-9-13-20)22(17(2)19(4)24)21-14-10-7-11-15-21/h5-15,17-18,22H,1,16H2,2-4H3/t17-,18-,22?/m1/s1. The van der Waals surface area contributed by atoms with Crippen molar-refractivity contribution in [3.8, 4) is 0 Å². The highest BCUT2D eigenvalue weighted by atomic mass is 16.1. The summed E-state index contributed by atoms with van der Waals surface area (Å²) in [5.74, 6) is 0.122. The second-order valence-corrected chi connectivity index (χ2v) is 6.33. The second-order valence-electron chi connectivity index (χ2n) is 6.33. The van der Waals surface area contributed by atoms with Crippen LogP contribution in [-0.4, -0.2) is 17.2 Å². The first-order valence-electron chi connectivity index (χ1n) is 8.53. The molecule has 0 bridgehead atoms. The normalized spacial score (nSPS) is 14.8. The fraction of sp³-hybridized carbons (Fsp3) is 0.318. The zero-order valence-corrected chi connectivity index (χ0v) is 14.9. The predicted octanol–water partition coefficient (Wildman–Crippen LogP) is 5.20. The van der Waals surface area contributed by atoms with Gasteiger partial charge in [0.15, 0.2) is 0 Å². The van der Waals surface area contributed by atoms with Gasteiger partial charge in [0.05, 0.1) is 0 Å². The van der Waals surface area contributed by atoms with Crippen molar-refractivity contribution in [2.75, 3.05) is 6.54 Å². The molecule has 2 heteroatoms. The molecule has 2 nitrogen and oxygen atoms in total. The van der Waals surface area contributed by atoms with Gasteiger partial charge < -0.3 is 0 Å². The minimum Gasteiger partial charge on any atom is -0.300 e. The van der Waals surface area contributed by atoms with Crippen LogP contribution in [0.15, 0.2) is 73.3 Å². The van der Waals surface area contributed by atoms with Crippen molar-refractivity contribution in [1.29, 1.82) is 0 Å². The van der Waals surface area contributed by atoms with E-state index in [1.807, 2.05) is 37.3 Å². The molecule has 0 fully saturated rings. The smallest absolute Gasteiger partial charge is 0.134 e. The summed E-state index contributed by atoms with van der Waals surface area (Å²) < 4.78 is 0. The monoisotopic (exact) mass is 321 g/mol. The molecule has 0 saturated heterocycles. The number of hydrogen-bond acceptors (Lipinski definition) is 2. The number of carbonyl (C=O) groups is 1. The average Bonchev–Trinajstić information content (AvgIpc) is 2.62. The van der Waals surface area contributed by atoms with Gasteiger partial charge >= 0.3 is 0 Å². The molecule has 1 unspecified atom stereocenters. The van der Waals surface area contributed by atoms with Gasteiger partial charge in [-0.05, 0) is 25.0 Å². The van der Waals surface area contributed by atoms with Crippen molar-refractivity contribution in [2.24, 2.45) is 5.92 Å². The summed E-state index contributed by atoms with van der Waals surface area (Å²) in [5.41, 5.74) is 2.42. The van der Waals surface area contributed by atoms with Crippen LogP contribution >= 0.6 is 0 Å². The van der Waals surface area contributed by atoms with Gasteiger partial charge in [-0.3, -0.25) is 9.69 Å². The topological polar surface area (TPSA) is 20.3 Å². The highest BCUT2D eigenvalue weighted by Gasteiger charge is 2.31. The lowest BCUT2D eigenvalue weighted by atomic mass is 9.88. The number of nitrogens with zero attached hydrogens (tertiary/aromatic N) is 1. The summed E-state index contributed by atoms with van der Waals surface area (Å²) in [6, 6.07) is 20.9. The van der Waals surface area contributed by atoms with E-state index in [9.17, 15) is 4.79 Å². The van der Waals surface area contributed by atoms with Crippen LogP contribution in [0.2, 0.25) is 0 Å². The molecule has 0 heterocycles. The van der Waals surface area contributed by atoms with Crippen LogP contribution in [0.4, 0.5) is 0 Å². The Bertz CT molecular complexity index is 650. The highest BCUT2D eigenvalue weighted by molar-refractivity contribution is 5.78. The molecule has 0 amide bonds. The maximum atomic E-state index is 12.2. The lowest BCUT2D eigenvalue weighted by Crippen LogP contribution is -2.37. The molecule has 0 aromatic heterocycles. The molecule has 3 atom stereocenters. The van der Waals surface area contributed by atoms with Crippen molar-refractivity contribution in [3.63, 3.8) is 0 Å². The van der Waals surface area contributed by atoms with Crippen molar-refractivity contribution in [3.05, 3.63) is 84.4 Å². The average molecular weight is 321 g/mol. The van der Waals surface area contributed by atoms with Crippen molar-refractivity contribution in [2.45, 2.75) is 32.9 Å². The second kappa shape index (κ2) is 8.60.